The first-order valence-electron chi connectivity index (χ1n) is 13.0. The highest BCUT2D eigenvalue weighted by atomic mass is 19.1. The summed E-state index contributed by atoms with van der Waals surface area (Å²) in [5.74, 6) is 0.231. The number of nitrogens with two attached hydrogens (primary N) is 1. The molecule has 0 saturated carbocycles. The number of aryl methyl sites for hydroxylation is 1. The minimum Gasteiger partial charge on any atom is -0.350 e. The molecular weight excluding hydrogens is 461 g/mol. The molecule has 0 radical (unpaired) electrons. The van der Waals surface area contributed by atoms with Crippen LogP contribution in [-0.4, -0.2) is 28.0 Å². The van der Waals surface area contributed by atoms with Crippen molar-refractivity contribution in [1.82, 2.24) is 14.9 Å². The first-order chi connectivity index (χ1) is 18.0. The maximum absolute atomic E-state index is 13.5. The Morgan fingerprint density at radius 2 is 1.78 bits per heavy atom. The van der Waals surface area contributed by atoms with Crippen molar-refractivity contribution in [2.45, 2.75) is 48.1 Å². The fraction of sp³-hybridized carbons (Fsp3) is 0.290. The maximum atomic E-state index is 13.5. The zero-order valence-electron chi connectivity index (χ0n) is 22.9. The van der Waals surface area contributed by atoms with Crippen molar-refractivity contribution in [3.63, 3.8) is 0 Å². The van der Waals surface area contributed by atoms with Gasteiger partial charge in [-0.1, -0.05) is 75.7 Å². The van der Waals surface area contributed by atoms with Gasteiger partial charge < -0.3 is 16.0 Å². The topological polar surface area (TPSA) is 67.1 Å². The fourth-order valence-electron chi connectivity index (χ4n) is 3.75. The molecule has 6 heteroatoms. The predicted molar refractivity (Wildman–Crippen MR) is 155 cm³/mol. The van der Waals surface area contributed by atoms with Crippen LogP contribution in [0.3, 0.4) is 0 Å². The van der Waals surface area contributed by atoms with Crippen LogP contribution in [-0.2, 0) is 6.54 Å². The van der Waals surface area contributed by atoms with E-state index in [1.54, 1.807) is 12.3 Å². The van der Waals surface area contributed by atoms with E-state index < -0.39 is 0 Å². The molecule has 1 aliphatic rings. The van der Waals surface area contributed by atoms with Crippen LogP contribution in [0.5, 0.6) is 0 Å². The van der Waals surface area contributed by atoms with Crippen molar-refractivity contribution < 1.29 is 4.39 Å². The molecule has 0 unspecified atom stereocenters. The van der Waals surface area contributed by atoms with Gasteiger partial charge in [0.05, 0.1) is 11.4 Å². The van der Waals surface area contributed by atoms with Crippen molar-refractivity contribution in [3.8, 4) is 0 Å². The van der Waals surface area contributed by atoms with E-state index in [4.69, 9.17) is 10.7 Å². The molecule has 196 valence electrons. The van der Waals surface area contributed by atoms with Crippen LogP contribution in [0, 0.1) is 12.7 Å². The summed E-state index contributed by atoms with van der Waals surface area (Å²) < 4.78 is 13.5. The van der Waals surface area contributed by atoms with Gasteiger partial charge in [-0.3, -0.25) is 0 Å². The summed E-state index contributed by atoms with van der Waals surface area (Å²) in [6.07, 6.45) is 7.97. The zero-order chi connectivity index (χ0) is 27.2. The summed E-state index contributed by atoms with van der Waals surface area (Å²) >= 11 is 0. The Morgan fingerprint density at radius 1 is 1.05 bits per heavy atom. The number of hydrogen-bond acceptors (Lipinski definition) is 5. The van der Waals surface area contributed by atoms with Gasteiger partial charge in [-0.15, -0.1) is 0 Å². The summed E-state index contributed by atoms with van der Waals surface area (Å²) in [4.78, 5) is 11.3. The predicted octanol–water partition coefficient (Wildman–Crippen LogP) is 7.19. The third-order valence-electron chi connectivity index (χ3n) is 5.62. The summed E-state index contributed by atoms with van der Waals surface area (Å²) in [7, 11) is 0. The highest BCUT2D eigenvalue weighted by Gasteiger charge is 2.18. The van der Waals surface area contributed by atoms with Crippen LogP contribution < -0.4 is 11.1 Å². The molecule has 0 spiro atoms. The average molecular weight is 502 g/mol. The molecule has 0 saturated heterocycles. The van der Waals surface area contributed by atoms with Crippen LogP contribution >= 0.6 is 0 Å². The van der Waals surface area contributed by atoms with Crippen LogP contribution in [0.4, 0.5) is 10.3 Å². The molecule has 3 aromatic rings. The standard InChI is InChI=1S/C27H28FN5.2C2H6/c1-19-6-8-23(9-7-19)20(2)26(33-14-11-21(17-29)12-15-33)25-10-13-30-27(32-25)31-18-22-4-3-5-24(28)16-22;2*1-2/h3-14,16H,15,17-18,29H2,1-2H3,(H,30,31,32);2*1-2H3/b26-20+;;. The Hall–Kier alpha value is -3.77. The number of allylic oxidation sites excluding steroid dienone is 1. The Bertz CT molecular complexity index is 1210. The number of aromatic nitrogens is 2. The summed E-state index contributed by atoms with van der Waals surface area (Å²) in [5.41, 5.74) is 13.0. The summed E-state index contributed by atoms with van der Waals surface area (Å²) in [5, 5.41) is 3.21. The molecule has 0 aliphatic carbocycles. The van der Waals surface area contributed by atoms with Crippen molar-refractivity contribution in [3.05, 3.63) is 113 Å². The highest BCUT2D eigenvalue weighted by Crippen LogP contribution is 2.30. The van der Waals surface area contributed by atoms with Gasteiger partial charge in [0.15, 0.2) is 0 Å². The van der Waals surface area contributed by atoms with E-state index in [-0.39, 0.29) is 5.82 Å². The molecule has 2 aromatic carbocycles. The van der Waals surface area contributed by atoms with E-state index in [1.807, 2.05) is 45.9 Å². The minimum absolute atomic E-state index is 0.260. The molecule has 0 bridgehead atoms. The van der Waals surface area contributed by atoms with Gasteiger partial charge in [0.25, 0.3) is 0 Å². The van der Waals surface area contributed by atoms with Crippen LogP contribution in [0.2, 0.25) is 0 Å². The molecule has 1 aliphatic heterocycles. The number of nitrogens with zero attached hydrogens (tertiary/aromatic N) is 3. The first kappa shape index (κ1) is 29.5. The molecule has 5 nitrogen and oxygen atoms in total. The van der Waals surface area contributed by atoms with Crippen LogP contribution in [0.1, 0.15) is 57.0 Å². The van der Waals surface area contributed by atoms with Crippen LogP contribution in [0.25, 0.3) is 11.3 Å². The third-order valence-corrected chi connectivity index (χ3v) is 5.62. The Morgan fingerprint density at radius 3 is 2.41 bits per heavy atom. The number of anilines is 1. The fourth-order valence-corrected chi connectivity index (χ4v) is 3.75. The number of rotatable bonds is 7. The lowest BCUT2D eigenvalue weighted by Gasteiger charge is -2.27. The van der Waals surface area contributed by atoms with E-state index in [1.165, 1.54) is 17.7 Å². The van der Waals surface area contributed by atoms with Gasteiger partial charge in [0.1, 0.15) is 5.82 Å². The van der Waals surface area contributed by atoms with Crippen LogP contribution in [0.15, 0.2) is 84.7 Å². The largest absolute Gasteiger partial charge is 0.350 e. The Labute approximate surface area is 221 Å². The molecule has 0 fully saturated rings. The SMILES string of the molecule is C/C(=C(/c1ccnc(NCc2cccc(F)c2)n1)N1C=CC(CN)=CC1)c1ccc(C)cc1.CC.CC. The van der Waals surface area contributed by atoms with Crippen molar-refractivity contribution in [1.29, 1.82) is 0 Å². The second-order valence-electron chi connectivity index (χ2n) is 8.04. The zero-order valence-corrected chi connectivity index (χ0v) is 22.9. The third kappa shape index (κ3) is 8.40. The second-order valence-corrected chi connectivity index (χ2v) is 8.04. The van der Waals surface area contributed by atoms with E-state index in [2.05, 4.69) is 65.6 Å². The quantitative estimate of drug-likeness (QED) is 0.359. The monoisotopic (exact) mass is 501 g/mol. The lowest BCUT2D eigenvalue weighted by Crippen LogP contribution is -2.22. The van der Waals surface area contributed by atoms with Gasteiger partial charge in [-0.2, -0.15) is 0 Å². The lowest BCUT2D eigenvalue weighted by molar-refractivity contribution is 0.580. The summed E-state index contributed by atoms with van der Waals surface area (Å²) in [6, 6.07) is 16.9. The van der Waals surface area contributed by atoms with E-state index in [9.17, 15) is 4.39 Å². The molecular formula is C31H40FN5. The molecule has 0 amide bonds. The maximum Gasteiger partial charge on any atom is 0.223 e. The Kier molecular flexibility index (Phi) is 12.2. The van der Waals surface area contributed by atoms with E-state index in [0.717, 1.165) is 33.7 Å². The van der Waals surface area contributed by atoms with Gasteiger partial charge in [0.2, 0.25) is 5.95 Å². The molecule has 4 rings (SSSR count). The van der Waals surface area contributed by atoms with Gasteiger partial charge in [0, 0.05) is 32.0 Å². The number of hydrogen-bond donors (Lipinski definition) is 2. The van der Waals surface area contributed by atoms with E-state index >= 15 is 0 Å². The molecule has 2 heterocycles. The average Bonchev–Trinajstić information content (AvgIpc) is 2.95. The second kappa shape index (κ2) is 15.4. The first-order valence-corrected chi connectivity index (χ1v) is 13.0. The van der Waals surface area contributed by atoms with Gasteiger partial charge in [-0.05, 0) is 60.4 Å². The number of benzene rings is 2. The lowest BCUT2D eigenvalue weighted by atomic mass is 10.0. The summed E-state index contributed by atoms with van der Waals surface area (Å²) in [6.45, 7) is 13.8. The molecule has 0 atom stereocenters. The van der Waals surface area contributed by atoms with E-state index in [0.29, 0.717) is 25.6 Å². The number of nitrogens with one attached hydrogen (secondary N) is 1. The highest BCUT2D eigenvalue weighted by molar-refractivity contribution is 5.88. The van der Waals surface area contributed by atoms with Gasteiger partial charge >= 0.3 is 0 Å². The molecule has 37 heavy (non-hydrogen) atoms. The smallest absolute Gasteiger partial charge is 0.223 e. The Balaban J connectivity index is 0.00000115. The van der Waals surface area contributed by atoms with Crippen molar-refractivity contribution in [2.24, 2.45) is 5.73 Å². The normalized spacial score (nSPS) is 12.9. The minimum atomic E-state index is -0.260. The van der Waals surface area contributed by atoms with Crippen molar-refractivity contribution >= 4 is 17.2 Å². The molecule has 3 N–H and O–H groups in total. The number of halogens is 1. The van der Waals surface area contributed by atoms with Crippen molar-refractivity contribution in [2.75, 3.05) is 18.4 Å². The molecule has 1 aromatic heterocycles. The van der Waals surface area contributed by atoms with Gasteiger partial charge in [-0.25, -0.2) is 14.4 Å².